The number of fused-ring (bicyclic) bond motifs is 3. The van der Waals surface area contributed by atoms with Crippen LogP contribution in [0.3, 0.4) is 0 Å². The Balaban J connectivity index is 1.77. The molecule has 3 heteroatoms. The predicted octanol–water partition coefficient (Wildman–Crippen LogP) is 6.02. The Kier molecular flexibility index (Phi) is 3.32. The van der Waals surface area contributed by atoms with E-state index in [1.54, 1.807) is 0 Å². The molecule has 5 rings (SSSR count). The molecular weight excluding hydrogens is 320 g/mol. The molecule has 0 saturated carbocycles. The number of para-hydroxylation sites is 2. The summed E-state index contributed by atoms with van der Waals surface area (Å²) >= 11 is 0. The molecule has 0 N–H and O–H groups in total. The molecule has 0 unspecified atom stereocenters. The molecule has 124 valence electrons. The highest BCUT2D eigenvalue weighted by molar-refractivity contribution is 6.09. The second-order valence-electron chi connectivity index (χ2n) is 6.36. The Hall–Kier alpha value is -3.46. The standard InChI is InChI=1S/C23H16N2O/c1-15-14-20(16-8-3-2-4-9-16)25-23(24-15)19-12-7-11-18-17-10-5-6-13-21(17)26-22(18)19/h2-14H,1H3. The van der Waals surface area contributed by atoms with Crippen molar-refractivity contribution in [2.45, 2.75) is 6.92 Å². The van der Waals surface area contributed by atoms with Crippen LogP contribution in [-0.4, -0.2) is 9.97 Å². The van der Waals surface area contributed by atoms with Gasteiger partial charge in [-0.25, -0.2) is 9.97 Å². The highest BCUT2D eigenvalue weighted by atomic mass is 16.3. The van der Waals surface area contributed by atoms with Crippen LogP contribution in [0.15, 0.2) is 83.3 Å². The Morgan fingerprint density at radius 3 is 2.38 bits per heavy atom. The van der Waals surface area contributed by atoms with Gasteiger partial charge in [0.05, 0.1) is 11.3 Å². The lowest BCUT2D eigenvalue weighted by atomic mass is 10.1. The van der Waals surface area contributed by atoms with Gasteiger partial charge >= 0.3 is 0 Å². The minimum Gasteiger partial charge on any atom is -0.455 e. The van der Waals surface area contributed by atoms with Gasteiger partial charge in [-0.1, -0.05) is 60.7 Å². The van der Waals surface area contributed by atoms with Crippen molar-refractivity contribution in [2.24, 2.45) is 0 Å². The molecule has 0 fully saturated rings. The van der Waals surface area contributed by atoms with Crippen LogP contribution < -0.4 is 0 Å². The SMILES string of the molecule is Cc1cc(-c2ccccc2)nc(-c2cccc3c2oc2ccccc23)n1. The summed E-state index contributed by atoms with van der Waals surface area (Å²) in [6, 6.07) is 26.4. The van der Waals surface area contributed by atoms with Crippen molar-refractivity contribution in [2.75, 3.05) is 0 Å². The van der Waals surface area contributed by atoms with E-state index < -0.39 is 0 Å². The van der Waals surface area contributed by atoms with Gasteiger partial charge in [-0.3, -0.25) is 0 Å². The summed E-state index contributed by atoms with van der Waals surface area (Å²) in [5.41, 5.74) is 5.56. The smallest absolute Gasteiger partial charge is 0.163 e. The van der Waals surface area contributed by atoms with E-state index >= 15 is 0 Å². The molecule has 0 aliphatic carbocycles. The first-order valence-electron chi connectivity index (χ1n) is 8.61. The molecule has 2 aromatic heterocycles. The maximum absolute atomic E-state index is 6.14. The largest absolute Gasteiger partial charge is 0.455 e. The molecule has 0 bridgehead atoms. The number of nitrogens with zero attached hydrogens (tertiary/aromatic N) is 2. The summed E-state index contributed by atoms with van der Waals surface area (Å²) < 4.78 is 6.14. The second kappa shape index (κ2) is 5.81. The predicted molar refractivity (Wildman–Crippen MR) is 105 cm³/mol. The molecule has 0 amide bonds. The average molecular weight is 336 g/mol. The van der Waals surface area contributed by atoms with Gasteiger partial charge in [0.15, 0.2) is 5.82 Å². The quantitative estimate of drug-likeness (QED) is 0.396. The van der Waals surface area contributed by atoms with E-state index in [9.17, 15) is 0 Å². The maximum atomic E-state index is 6.14. The molecule has 0 radical (unpaired) electrons. The third kappa shape index (κ3) is 2.37. The minimum absolute atomic E-state index is 0.688. The summed E-state index contributed by atoms with van der Waals surface area (Å²) in [6.45, 7) is 2.00. The van der Waals surface area contributed by atoms with E-state index in [1.165, 1.54) is 0 Å². The van der Waals surface area contributed by atoms with Crippen LogP contribution in [0.2, 0.25) is 0 Å². The summed E-state index contributed by atoms with van der Waals surface area (Å²) in [5, 5.41) is 2.20. The lowest BCUT2D eigenvalue weighted by Crippen LogP contribution is -1.95. The van der Waals surface area contributed by atoms with E-state index in [0.717, 1.165) is 44.5 Å². The summed E-state index contributed by atoms with van der Waals surface area (Å²) in [5.74, 6) is 0.688. The monoisotopic (exact) mass is 336 g/mol. The topological polar surface area (TPSA) is 38.9 Å². The van der Waals surface area contributed by atoms with Crippen LogP contribution >= 0.6 is 0 Å². The van der Waals surface area contributed by atoms with Crippen molar-refractivity contribution in [1.29, 1.82) is 0 Å². The molecule has 26 heavy (non-hydrogen) atoms. The lowest BCUT2D eigenvalue weighted by molar-refractivity contribution is 0.669. The van der Waals surface area contributed by atoms with E-state index in [-0.39, 0.29) is 0 Å². The van der Waals surface area contributed by atoms with E-state index in [0.29, 0.717) is 5.82 Å². The van der Waals surface area contributed by atoms with Crippen molar-refractivity contribution >= 4 is 21.9 Å². The fourth-order valence-electron chi connectivity index (χ4n) is 3.37. The summed E-state index contributed by atoms with van der Waals surface area (Å²) in [6.07, 6.45) is 0. The van der Waals surface area contributed by atoms with Crippen LogP contribution in [-0.2, 0) is 0 Å². The molecule has 3 nitrogen and oxygen atoms in total. The minimum atomic E-state index is 0.688. The van der Waals surface area contributed by atoms with E-state index in [1.807, 2.05) is 61.5 Å². The van der Waals surface area contributed by atoms with Crippen LogP contribution in [0.5, 0.6) is 0 Å². The van der Waals surface area contributed by atoms with E-state index in [4.69, 9.17) is 9.40 Å². The number of aryl methyl sites for hydroxylation is 1. The van der Waals surface area contributed by atoms with Crippen LogP contribution in [0.1, 0.15) is 5.69 Å². The zero-order chi connectivity index (χ0) is 17.5. The van der Waals surface area contributed by atoms with E-state index in [2.05, 4.69) is 29.2 Å². The number of benzene rings is 3. The first-order valence-corrected chi connectivity index (χ1v) is 8.61. The molecule has 5 aromatic rings. The van der Waals surface area contributed by atoms with Crippen molar-refractivity contribution in [3.63, 3.8) is 0 Å². The molecule has 0 aliphatic rings. The highest BCUT2D eigenvalue weighted by Gasteiger charge is 2.14. The molecule has 0 atom stereocenters. The van der Waals surface area contributed by atoms with Gasteiger partial charge in [0, 0.05) is 22.0 Å². The van der Waals surface area contributed by atoms with Gasteiger partial charge in [0.1, 0.15) is 11.2 Å². The van der Waals surface area contributed by atoms with Crippen molar-refractivity contribution in [3.8, 4) is 22.6 Å². The first-order chi connectivity index (χ1) is 12.8. The van der Waals surface area contributed by atoms with Crippen LogP contribution in [0, 0.1) is 6.92 Å². The molecule has 3 aromatic carbocycles. The van der Waals surface area contributed by atoms with Crippen molar-refractivity contribution in [3.05, 3.63) is 84.6 Å². The Morgan fingerprint density at radius 2 is 1.50 bits per heavy atom. The second-order valence-corrected chi connectivity index (χ2v) is 6.36. The number of hydrogen-bond acceptors (Lipinski definition) is 3. The number of furan rings is 1. The first kappa shape index (κ1) is 14.8. The molecule has 0 aliphatic heterocycles. The van der Waals surface area contributed by atoms with Gasteiger partial charge in [-0.05, 0) is 25.1 Å². The third-order valence-electron chi connectivity index (χ3n) is 4.57. The fourth-order valence-corrected chi connectivity index (χ4v) is 3.37. The van der Waals surface area contributed by atoms with Gasteiger partial charge in [0.25, 0.3) is 0 Å². The third-order valence-corrected chi connectivity index (χ3v) is 4.57. The fraction of sp³-hybridized carbons (Fsp3) is 0.0435. The van der Waals surface area contributed by atoms with Gasteiger partial charge < -0.3 is 4.42 Å². The highest BCUT2D eigenvalue weighted by Crippen LogP contribution is 2.35. The Labute approximate surface area is 151 Å². The number of aromatic nitrogens is 2. The van der Waals surface area contributed by atoms with Crippen molar-refractivity contribution in [1.82, 2.24) is 9.97 Å². The van der Waals surface area contributed by atoms with Gasteiger partial charge in [-0.2, -0.15) is 0 Å². The molecular formula is C23H16N2O. The van der Waals surface area contributed by atoms with Crippen LogP contribution in [0.4, 0.5) is 0 Å². The normalized spacial score (nSPS) is 11.3. The average Bonchev–Trinajstić information content (AvgIpc) is 3.07. The number of rotatable bonds is 2. The molecule has 2 heterocycles. The molecule has 0 saturated heterocycles. The van der Waals surface area contributed by atoms with Crippen molar-refractivity contribution < 1.29 is 4.42 Å². The van der Waals surface area contributed by atoms with Gasteiger partial charge in [-0.15, -0.1) is 0 Å². The Morgan fingerprint density at radius 1 is 0.731 bits per heavy atom. The molecule has 0 spiro atoms. The zero-order valence-electron chi connectivity index (χ0n) is 14.3. The number of hydrogen-bond donors (Lipinski definition) is 0. The van der Waals surface area contributed by atoms with Crippen LogP contribution in [0.25, 0.3) is 44.6 Å². The lowest BCUT2D eigenvalue weighted by Gasteiger charge is -2.07. The summed E-state index contributed by atoms with van der Waals surface area (Å²) in [7, 11) is 0. The summed E-state index contributed by atoms with van der Waals surface area (Å²) in [4.78, 5) is 9.50. The van der Waals surface area contributed by atoms with Gasteiger partial charge in [0.2, 0.25) is 0 Å². The maximum Gasteiger partial charge on any atom is 0.163 e. The zero-order valence-corrected chi connectivity index (χ0v) is 14.3. The Bertz CT molecular complexity index is 1240.